The van der Waals surface area contributed by atoms with Gasteiger partial charge in [-0.3, -0.25) is 0 Å². The highest BCUT2D eigenvalue weighted by Crippen LogP contribution is 2.39. The predicted octanol–water partition coefficient (Wildman–Crippen LogP) is 2.01. The van der Waals surface area contributed by atoms with Crippen LogP contribution in [0.3, 0.4) is 0 Å². The van der Waals surface area contributed by atoms with Gasteiger partial charge in [-0.2, -0.15) is 4.98 Å². The lowest BCUT2D eigenvalue weighted by atomic mass is 9.99. The largest absolute Gasteiger partial charge is 0.322 e. The number of aromatic amines is 1. The lowest BCUT2D eigenvalue weighted by molar-refractivity contribution is 0.578. The molecule has 0 saturated carbocycles. The maximum Gasteiger partial charge on any atom is 0.249 e. The van der Waals surface area contributed by atoms with E-state index in [2.05, 4.69) is 26.6 Å². The van der Waals surface area contributed by atoms with Crippen molar-refractivity contribution in [3.05, 3.63) is 52.6 Å². The van der Waals surface area contributed by atoms with Gasteiger partial charge < -0.3 is 5.32 Å². The normalized spacial score (nSPS) is 15.6. The zero-order valence-corrected chi connectivity index (χ0v) is 18.2. The van der Waals surface area contributed by atoms with Gasteiger partial charge >= 0.3 is 0 Å². The average Bonchev–Trinajstić information content (AvgIpc) is 3.47. The molecule has 2 aliphatic carbocycles. The molecule has 0 radical (unpaired) electrons. The lowest BCUT2D eigenvalue weighted by Gasteiger charge is -2.15. The van der Waals surface area contributed by atoms with Crippen molar-refractivity contribution in [1.29, 1.82) is 0 Å². The second-order valence-electron chi connectivity index (χ2n) is 7.82. The van der Waals surface area contributed by atoms with Crippen LogP contribution in [0.1, 0.15) is 35.1 Å². The number of anilines is 2. The number of sulfonamides is 1. The Morgan fingerprint density at radius 3 is 2.13 bits per heavy atom. The molecule has 0 atom stereocenters. The Bertz CT molecular complexity index is 1380. The molecule has 5 rings (SSSR count). The molecule has 9 nitrogen and oxygen atoms in total. The van der Waals surface area contributed by atoms with Crippen LogP contribution in [-0.4, -0.2) is 32.0 Å². The first-order valence-corrected chi connectivity index (χ1v) is 13.0. The SMILES string of the molecule is NS(=O)(=O)c1ccccc1S(=O)(=O)c1nc(Nc2c3c(cc4c2CCC4)CCC3)n[nH]1. The van der Waals surface area contributed by atoms with E-state index in [1.54, 1.807) is 0 Å². The summed E-state index contributed by atoms with van der Waals surface area (Å²) in [6, 6.07) is 7.46. The van der Waals surface area contributed by atoms with Crippen LogP contribution in [0.15, 0.2) is 45.3 Å². The number of aromatic nitrogens is 3. The van der Waals surface area contributed by atoms with Gasteiger partial charge in [0.1, 0.15) is 4.90 Å². The second-order valence-corrected chi connectivity index (χ2v) is 11.2. The Morgan fingerprint density at radius 2 is 1.52 bits per heavy atom. The van der Waals surface area contributed by atoms with Crippen LogP contribution in [0, 0.1) is 0 Å². The highest BCUT2D eigenvalue weighted by atomic mass is 32.2. The molecule has 0 bridgehead atoms. The molecule has 0 unspecified atom stereocenters. The number of nitrogens with one attached hydrogen (secondary N) is 2. The van der Waals surface area contributed by atoms with E-state index in [0.29, 0.717) is 0 Å². The zero-order chi connectivity index (χ0) is 21.8. The summed E-state index contributed by atoms with van der Waals surface area (Å²) >= 11 is 0. The van der Waals surface area contributed by atoms with Crippen molar-refractivity contribution in [2.75, 3.05) is 5.32 Å². The summed E-state index contributed by atoms with van der Waals surface area (Å²) in [6.45, 7) is 0. The maximum absolute atomic E-state index is 13.1. The van der Waals surface area contributed by atoms with E-state index < -0.39 is 34.8 Å². The molecule has 0 saturated heterocycles. The fourth-order valence-corrected chi connectivity index (χ4v) is 6.98. The molecule has 11 heteroatoms. The number of sulfone groups is 1. The number of fused-ring (bicyclic) bond motifs is 2. The van der Waals surface area contributed by atoms with Crippen LogP contribution >= 0.6 is 0 Å². The summed E-state index contributed by atoms with van der Waals surface area (Å²) in [4.78, 5) is 3.20. The van der Waals surface area contributed by atoms with Crippen LogP contribution in [-0.2, 0) is 45.5 Å². The van der Waals surface area contributed by atoms with Gasteiger partial charge in [0.15, 0.2) is 0 Å². The topological polar surface area (TPSA) is 148 Å². The van der Waals surface area contributed by atoms with Gasteiger partial charge in [-0.15, -0.1) is 5.10 Å². The monoisotopic (exact) mass is 459 g/mol. The van der Waals surface area contributed by atoms with E-state index in [1.807, 2.05) is 0 Å². The predicted molar refractivity (Wildman–Crippen MR) is 113 cm³/mol. The molecule has 31 heavy (non-hydrogen) atoms. The van der Waals surface area contributed by atoms with Crippen LogP contribution in [0.2, 0.25) is 0 Å². The first kappa shape index (κ1) is 20.2. The Balaban J connectivity index is 1.53. The maximum atomic E-state index is 13.1. The number of rotatable bonds is 5. The van der Waals surface area contributed by atoms with Crippen LogP contribution in [0.25, 0.3) is 0 Å². The number of nitrogens with two attached hydrogens (primary N) is 1. The summed E-state index contributed by atoms with van der Waals surface area (Å²) in [7, 11) is -8.51. The number of hydrogen-bond donors (Lipinski definition) is 3. The quantitative estimate of drug-likeness (QED) is 0.528. The van der Waals surface area contributed by atoms with E-state index in [1.165, 1.54) is 40.5 Å². The van der Waals surface area contributed by atoms with Gasteiger partial charge in [0.05, 0.1) is 4.90 Å². The Labute approximate surface area is 180 Å². The highest BCUT2D eigenvalue weighted by Gasteiger charge is 2.30. The minimum absolute atomic E-state index is 0.126. The molecule has 4 N–H and O–H groups in total. The van der Waals surface area contributed by atoms with Crippen molar-refractivity contribution in [1.82, 2.24) is 15.2 Å². The zero-order valence-electron chi connectivity index (χ0n) is 16.6. The highest BCUT2D eigenvalue weighted by molar-refractivity contribution is 7.93. The molecular weight excluding hydrogens is 438 g/mol. The van der Waals surface area contributed by atoms with Gasteiger partial charge in [-0.05, 0) is 72.9 Å². The van der Waals surface area contributed by atoms with Gasteiger partial charge in [0.2, 0.25) is 31.0 Å². The Kier molecular flexibility index (Phi) is 4.65. The Morgan fingerprint density at radius 1 is 0.903 bits per heavy atom. The second kappa shape index (κ2) is 7.14. The van der Waals surface area contributed by atoms with Gasteiger partial charge in [-0.25, -0.2) is 27.1 Å². The molecule has 1 heterocycles. The van der Waals surface area contributed by atoms with Crippen LogP contribution < -0.4 is 10.5 Å². The standard InChI is InChI=1S/C20H21N5O4S2/c21-31(28,29)17-10-2-1-9-16(17)30(26,27)20-23-19(24-25-20)22-18-14-7-3-5-12(14)11-13-6-4-8-15(13)18/h1-2,9-11H,3-8H2,(H2,21,28,29)(H2,22,23,24,25). The summed E-state index contributed by atoms with van der Waals surface area (Å²) < 4.78 is 49.8. The van der Waals surface area contributed by atoms with Crippen LogP contribution in [0.5, 0.6) is 0 Å². The molecule has 2 aromatic carbocycles. The summed E-state index contributed by atoms with van der Waals surface area (Å²) in [6.07, 6.45) is 6.17. The molecule has 1 aromatic heterocycles. The third-order valence-electron chi connectivity index (χ3n) is 5.87. The third kappa shape index (κ3) is 3.42. The molecule has 0 aliphatic heterocycles. The number of benzene rings is 2. The van der Waals surface area contributed by atoms with Gasteiger partial charge in [-0.1, -0.05) is 18.2 Å². The third-order valence-corrected chi connectivity index (χ3v) is 8.60. The molecule has 3 aromatic rings. The first-order chi connectivity index (χ1) is 14.7. The Hall–Kier alpha value is -2.76. The summed E-state index contributed by atoms with van der Waals surface area (Å²) in [5.41, 5.74) is 6.13. The van der Waals surface area contributed by atoms with Gasteiger partial charge in [0.25, 0.3) is 0 Å². The van der Waals surface area contributed by atoms with Crippen molar-refractivity contribution in [2.45, 2.75) is 53.5 Å². The van der Waals surface area contributed by atoms with Crippen molar-refractivity contribution >= 4 is 31.5 Å². The van der Waals surface area contributed by atoms with E-state index >= 15 is 0 Å². The minimum atomic E-state index is -4.28. The number of hydrogen-bond acceptors (Lipinski definition) is 7. The van der Waals surface area contributed by atoms with E-state index in [-0.39, 0.29) is 5.95 Å². The summed E-state index contributed by atoms with van der Waals surface area (Å²) in [5, 5.41) is 14.4. The smallest absolute Gasteiger partial charge is 0.249 e. The minimum Gasteiger partial charge on any atom is -0.322 e. The number of primary sulfonamides is 1. The summed E-state index contributed by atoms with van der Waals surface area (Å²) in [5.74, 6) is 0.126. The van der Waals surface area contributed by atoms with Gasteiger partial charge in [0, 0.05) is 5.69 Å². The van der Waals surface area contributed by atoms with Crippen molar-refractivity contribution < 1.29 is 16.8 Å². The van der Waals surface area contributed by atoms with E-state index in [0.717, 1.165) is 50.3 Å². The number of H-pyrrole nitrogens is 1. The number of aryl methyl sites for hydroxylation is 2. The van der Waals surface area contributed by atoms with Crippen molar-refractivity contribution in [3.8, 4) is 0 Å². The fraction of sp³-hybridized carbons (Fsp3) is 0.300. The molecule has 162 valence electrons. The van der Waals surface area contributed by atoms with E-state index in [4.69, 9.17) is 5.14 Å². The first-order valence-electron chi connectivity index (χ1n) is 9.98. The molecule has 0 amide bonds. The average molecular weight is 460 g/mol. The lowest BCUT2D eigenvalue weighted by Crippen LogP contribution is -2.17. The molecule has 2 aliphatic rings. The van der Waals surface area contributed by atoms with Crippen molar-refractivity contribution in [3.63, 3.8) is 0 Å². The molecule has 0 spiro atoms. The van der Waals surface area contributed by atoms with Crippen molar-refractivity contribution in [2.24, 2.45) is 5.14 Å². The number of nitrogens with zero attached hydrogens (tertiary/aromatic N) is 2. The van der Waals surface area contributed by atoms with E-state index in [9.17, 15) is 16.8 Å². The van der Waals surface area contributed by atoms with Crippen LogP contribution in [0.4, 0.5) is 11.6 Å². The molecule has 0 fully saturated rings. The fourth-order valence-electron chi connectivity index (χ4n) is 4.51. The molecular formula is C20H21N5O4S2.